The highest BCUT2D eigenvalue weighted by molar-refractivity contribution is 6.05. The predicted molar refractivity (Wildman–Crippen MR) is 153 cm³/mol. The molecule has 0 saturated carbocycles. The summed E-state index contributed by atoms with van der Waals surface area (Å²) in [5, 5.41) is 2.36. The number of fused-ring (bicyclic) bond motifs is 4. The quantitative estimate of drug-likeness (QED) is 0.430. The van der Waals surface area contributed by atoms with Gasteiger partial charge in [-0.3, -0.25) is 29.4 Å². The summed E-state index contributed by atoms with van der Waals surface area (Å²) < 4.78 is 12.1. The van der Waals surface area contributed by atoms with Crippen LogP contribution in [0.3, 0.4) is 0 Å². The van der Waals surface area contributed by atoms with Crippen molar-refractivity contribution in [1.82, 2.24) is 15.1 Å². The maximum Gasteiger partial charge on any atom is 0.320 e. The third kappa shape index (κ3) is 4.81. The minimum atomic E-state index is -0.645. The van der Waals surface area contributed by atoms with Crippen molar-refractivity contribution >= 4 is 29.4 Å². The summed E-state index contributed by atoms with van der Waals surface area (Å²) in [6.45, 7) is 4.45. The molecule has 1 N–H and O–H groups in total. The summed E-state index contributed by atoms with van der Waals surface area (Å²) in [5.74, 6) is -0.284. The van der Waals surface area contributed by atoms with Crippen molar-refractivity contribution in [2.75, 3.05) is 44.2 Å². The molecule has 7 rings (SSSR count). The SMILES string of the molecule is O=C1CCC(N2Cc3c(ccc4c3OCC43CCN(CC(=O)OC4CCN(c5ccccc5)CC4)CC3)C2=O)C(=O)N1. The van der Waals surface area contributed by atoms with E-state index in [2.05, 4.69) is 27.2 Å². The Hall–Kier alpha value is -3.92. The van der Waals surface area contributed by atoms with Crippen LogP contribution in [0.1, 0.15) is 60.0 Å². The Labute approximate surface area is 244 Å². The van der Waals surface area contributed by atoms with Gasteiger partial charge in [-0.1, -0.05) is 24.3 Å². The lowest BCUT2D eigenvalue weighted by Crippen LogP contribution is -2.52. The number of rotatable bonds is 5. The fourth-order valence-electron chi connectivity index (χ4n) is 7.31. The minimum Gasteiger partial charge on any atom is -0.492 e. The van der Waals surface area contributed by atoms with Gasteiger partial charge in [-0.05, 0) is 50.6 Å². The molecular weight excluding hydrogens is 536 g/mol. The molecule has 5 heterocycles. The lowest BCUT2D eigenvalue weighted by molar-refractivity contribution is -0.151. The van der Waals surface area contributed by atoms with Crippen LogP contribution < -0.4 is 15.0 Å². The Morgan fingerprint density at radius 3 is 2.48 bits per heavy atom. The van der Waals surface area contributed by atoms with Crippen LogP contribution in [0.25, 0.3) is 0 Å². The van der Waals surface area contributed by atoms with Crippen LogP contribution in [0, 0.1) is 0 Å². The summed E-state index contributed by atoms with van der Waals surface area (Å²) in [7, 11) is 0. The summed E-state index contributed by atoms with van der Waals surface area (Å²) >= 11 is 0. The molecule has 1 unspecified atom stereocenters. The van der Waals surface area contributed by atoms with Gasteiger partial charge in [0.1, 0.15) is 17.9 Å². The number of nitrogens with zero attached hydrogens (tertiary/aromatic N) is 3. The molecule has 10 heteroatoms. The summed E-state index contributed by atoms with van der Waals surface area (Å²) in [6.07, 6.45) is 3.91. The van der Waals surface area contributed by atoms with Crippen molar-refractivity contribution in [3.8, 4) is 5.75 Å². The van der Waals surface area contributed by atoms with Crippen molar-refractivity contribution in [2.24, 2.45) is 0 Å². The van der Waals surface area contributed by atoms with Crippen LogP contribution >= 0.6 is 0 Å². The number of para-hydroxylation sites is 1. The average Bonchev–Trinajstić information content (AvgIpc) is 3.53. The van der Waals surface area contributed by atoms with Gasteiger partial charge in [0.05, 0.1) is 19.7 Å². The van der Waals surface area contributed by atoms with Gasteiger partial charge in [-0.15, -0.1) is 0 Å². The molecule has 3 saturated heterocycles. The highest BCUT2D eigenvalue weighted by Crippen LogP contribution is 2.49. The highest BCUT2D eigenvalue weighted by Gasteiger charge is 2.47. The van der Waals surface area contributed by atoms with Gasteiger partial charge < -0.3 is 19.3 Å². The zero-order valence-electron chi connectivity index (χ0n) is 23.7. The van der Waals surface area contributed by atoms with E-state index >= 15 is 0 Å². The second-order valence-electron chi connectivity index (χ2n) is 12.2. The van der Waals surface area contributed by atoms with Crippen LogP contribution in [0.5, 0.6) is 5.75 Å². The molecule has 0 bridgehead atoms. The van der Waals surface area contributed by atoms with E-state index in [9.17, 15) is 19.2 Å². The number of esters is 1. The Morgan fingerprint density at radius 1 is 0.976 bits per heavy atom. The number of hydrogen-bond donors (Lipinski definition) is 1. The monoisotopic (exact) mass is 572 g/mol. The minimum absolute atomic E-state index is 0.0340. The number of nitrogens with one attached hydrogen (secondary N) is 1. The third-order valence-corrected chi connectivity index (χ3v) is 9.76. The average molecular weight is 573 g/mol. The topological polar surface area (TPSA) is 108 Å². The number of piperidine rings is 3. The normalized spacial score (nSPS) is 23.9. The van der Waals surface area contributed by atoms with Crippen LogP contribution in [0.15, 0.2) is 42.5 Å². The smallest absolute Gasteiger partial charge is 0.320 e. The largest absolute Gasteiger partial charge is 0.492 e. The van der Waals surface area contributed by atoms with Crippen molar-refractivity contribution in [1.29, 1.82) is 0 Å². The first-order valence-electron chi connectivity index (χ1n) is 15.1. The first kappa shape index (κ1) is 26.9. The predicted octanol–water partition coefficient (Wildman–Crippen LogP) is 2.39. The number of anilines is 1. The van der Waals surface area contributed by atoms with Gasteiger partial charge in [-0.2, -0.15) is 0 Å². The van der Waals surface area contributed by atoms with Crippen molar-refractivity contribution in [3.63, 3.8) is 0 Å². The Bertz CT molecular complexity index is 1410. The maximum atomic E-state index is 13.2. The number of hydrogen-bond acceptors (Lipinski definition) is 8. The Morgan fingerprint density at radius 2 is 1.74 bits per heavy atom. The van der Waals surface area contributed by atoms with E-state index in [-0.39, 0.29) is 35.7 Å². The number of carbonyl (C=O) groups excluding carboxylic acids is 4. The highest BCUT2D eigenvalue weighted by atomic mass is 16.5. The molecular formula is C32H36N4O6. The molecule has 220 valence electrons. The number of imide groups is 1. The molecule has 3 fully saturated rings. The first-order valence-corrected chi connectivity index (χ1v) is 15.1. The number of likely N-dealkylation sites (tertiary alicyclic amines) is 1. The van der Waals surface area contributed by atoms with Crippen LogP contribution in [0.4, 0.5) is 5.69 Å². The fourth-order valence-corrected chi connectivity index (χ4v) is 7.31. The second-order valence-corrected chi connectivity index (χ2v) is 12.2. The summed E-state index contributed by atoms with van der Waals surface area (Å²) in [6, 6.07) is 13.6. The van der Waals surface area contributed by atoms with E-state index in [0.717, 1.165) is 68.7 Å². The lowest BCUT2D eigenvalue weighted by atomic mass is 9.74. The lowest BCUT2D eigenvalue weighted by Gasteiger charge is -2.38. The van der Waals surface area contributed by atoms with Gasteiger partial charge in [0.2, 0.25) is 11.8 Å². The molecule has 1 spiro atoms. The van der Waals surface area contributed by atoms with Gasteiger partial charge in [0, 0.05) is 60.1 Å². The Kier molecular flexibility index (Phi) is 6.88. The van der Waals surface area contributed by atoms with Gasteiger partial charge in [-0.25, -0.2) is 0 Å². The first-order chi connectivity index (χ1) is 20.4. The van der Waals surface area contributed by atoms with E-state index in [4.69, 9.17) is 9.47 Å². The summed E-state index contributed by atoms with van der Waals surface area (Å²) in [5.41, 5.74) is 3.59. The Balaban J connectivity index is 0.938. The van der Waals surface area contributed by atoms with Crippen LogP contribution in [-0.4, -0.2) is 85.0 Å². The van der Waals surface area contributed by atoms with Gasteiger partial charge in [0.25, 0.3) is 5.91 Å². The van der Waals surface area contributed by atoms with Gasteiger partial charge in [0.15, 0.2) is 0 Å². The second kappa shape index (κ2) is 10.7. The van der Waals surface area contributed by atoms with Crippen LogP contribution in [0.2, 0.25) is 0 Å². The molecule has 5 aliphatic heterocycles. The standard InChI is InChI=1S/C32H36N4O6/c37-27-9-8-26(30(39)33-27)36-18-24-23(31(36)40)6-7-25-29(24)41-20-32(25)12-16-34(17-13-32)19-28(38)42-22-10-14-35(15-11-22)21-4-2-1-3-5-21/h1-7,22,26H,8-20H2,(H,33,37,39). The van der Waals surface area contributed by atoms with Crippen molar-refractivity contribution < 1.29 is 28.7 Å². The molecule has 0 radical (unpaired) electrons. The van der Waals surface area contributed by atoms with Crippen LogP contribution in [-0.2, 0) is 31.1 Å². The van der Waals surface area contributed by atoms with E-state index in [0.29, 0.717) is 31.7 Å². The summed E-state index contributed by atoms with van der Waals surface area (Å²) in [4.78, 5) is 56.2. The third-order valence-electron chi connectivity index (χ3n) is 9.76. The molecule has 2 aromatic rings. The molecule has 42 heavy (non-hydrogen) atoms. The fraction of sp³-hybridized carbons (Fsp3) is 0.500. The molecule has 1 atom stereocenters. The molecule has 10 nitrogen and oxygen atoms in total. The number of amides is 3. The van der Waals surface area contributed by atoms with E-state index in [1.54, 1.807) is 4.90 Å². The number of ether oxygens (including phenoxy) is 2. The number of benzene rings is 2. The van der Waals surface area contributed by atoms with Crippen molar-refractivity contribution in [3.05, 3.63) is 59.2 Å². The molecule has 2 aromatic carbocycles. The molecule has 3 amide bonds. The van der Waals surface area contributed by atoms with E-state index < -0.39 is 11.9 Å². The zero-order chi connectivity index (χ0) is 28.8. The van der Waals surface area contributed by atoms with Gasteiger partial charge >= 0.3 is 5.97 Å². The zero-order valence-corrected chi connectivity index (χ0v) is 23.7. The van der Waals surface area contributed by atoms with Crippen molar-refractivity contribution in [2.45, 2.75) is 62.6 Å². The molecule has 0 aliphatic carbocycles. The molecule has 5 aliphatic rings. The van der Waals surface area contributed by atoms with E-state index in [1.807, 2.05) is 30.3 Å². The maximum absolute atomic E-state index is 13.2. The molecule has 0 aromatic heterocycles. The van der Waals surface area contributed by atoms with E-state index in [1.165, 1.54) is 5.69 Å². The number of carbonyl (C=O) groups is 4.